The van der Waals surface area contributed by atoms with Crippen molar-refractivity contribution in [1.82, 2.24) is 13.5 Å². The molecule has 1 aromatic rings. The lowest BCUT2D eigenvalue weighted by atomic mass is 10.2. The van der Waals surface area contributed by atoms with Gasteiger partial charge in [-0.25, -0.2) is 0 Å². The third kappa shape index (κ3) is 5.69. The molecule has 140 valence electrons. The minimum absolute atomic E-state index is 0.0563. The lowest BCUT2D eigenvalue weighted by Crippen LogP contribution is -2.42. The molecule has 0 spiro atoms. The molecule has 0 aliphatic carbocycles. The van der Waals surface area contributed by atoms with Crippen molar-refractivity contribution in [2.45, 2.75) is 19.3 Å². The van der Waals surface area contributed by atoms with Gasteiger partial charge in [0.2, 0.25) is 5.91 Å². The van der Waals surface area contributed by atoms with Crippen LogP contribution in [0.5, 0.6) is 5.75 Å². The quantitative estimate of drug-likeness (QED) is 0.677. The Morgan fingerprint density at radius 2 is 1.84 bits per heavy atom. The van der Waals surface area contributed by atoms with Crippen molar-refractivity contribution in [2.75, 3.05) is 46.9 Å². The molecule has 0 radical (unpaired) electrons. The monoisotopic (exact) mass is 369 g/mol. The van der Waals surface area contributed by atoms with E-state index in [1.165, 1.54) is 22.7 Å². The van der Waals surface area contributed by atoms with Gasteiger partial charge in [-0.15, -0.1) is 0 Å². The normalized spacial score (nSPS) is 16.7. The number of para-hydroxylation sites is 1. The Morgan fingerprint density at radius 3 is 2.52 bits per heavy atom. The Balaban J connectivity index is 1.75. The molecule has 1 amide bonds. The van der Waals surface area contributed by atoms with Crippen LogP contribution in [0.1, 0.15) is 19.3 Å². The maximum atomic E-state index is 12.3. The van der Waals surface area contributed by atoms with E-state index in [4.69, 9.17) is 4.74 Å². The first-order valence-electron chi connectivity index (χ1n) is 8.54. The maximum Gasteiger partial charge on any atom is 0.281 e. The van der Waals surface area contributed by atoms with Crippen LogP contribution in [-0.2, 0) is 15.0 Å². The smallest absolute Gasteiger partial charge is 0.281 e. The van der Waals surface area contributed by atoms with Crippen LogP contribution in [0.3, 0.4) is 0 Å². The number of rotatable bonds is 7. The Bertz CT molecular complexity index is 649. The Morgan fingerprint density at radius 1 is 1.12 bits per heavy atom. The number of nitrogens with zero attached hydrogens (tertiary/aromatic N) is 3. The largest absolute Gasteiger partial charge is 0.494 e. The van der Waals surface area contributed by atoms with Gasteiger partial charge in [-0.1, -0.05) is 18.2 Å². The van der Waals surface area contributed by atoms with E-state index in [0.717, 1.165) is 5.75 Å². The molecular weight excluding hydrogens is 342 g/mol. The van der Waals surface area contributed by atoms with Crippen LogP contribution in [-0.4, -0.2) is 74.7 Å². The molecule has 2 rings (SSSR count). The van der Waals surface area contributed by atoms with Gasteiger partial charge in [0, 0.05) is 46.7 Å². The molecular formula is C17H27N3O4S. The van der Waals surface area contributed by atoms with Crippen LogP contribution >= 0.6 is 0 Å². The summed E-state index contributed by atoms with van der Waals surface area (Å²) in [4.78, 5) is 14.1. The number of ether oxygens (including phenoxy) is 1. The Kier molecular flexibility index (Phi) is 7.22. The second-order valence-electron chi connectivity index (χ2n) is 6.19. The van der Waals surface area contributed by atoms with Gasteiger partial charge in [0.15, 0.2) is 0 Å². The highest BCUT2D eigenvalue weighted by Gasteiger charge is 2.28. The summed E-state index contributed by atoms with van der Waals surface area (Å²) in [6, 6.07) is 9.51. The van der Waals surface area contributed by atoms with E-state index in [9.17, 15) is 13.2 Å². The summed E-state index contributed by atoms with van der Waals surface area (Å²) >= 11 is 0. The molecule has 7 nitrogen and oxygen atoms in total. The summed E-state index contributed by atoms with van der Waals surface area (Å²) < 4.78 is 32.6. The van der Waals surface area contributed by atoms with Crippen molar-refractivity contribution in [1.29, 1.82) is 0 Å². The van der Waals surface area contributed by atoms with Crippen LogP contribution in [0.15, 0.2) is 30.3 Å². The summed E-state index contributed by atoms with van der Waals surface area (Å²) in [5, 5.41) is 0. The van der Waals surface area contributed by atoms with Crippen molar-refractivity contribution in [3.05, 3.63) is 30.3 Å². The van der Waals surface area contributed by atoms with Crippen LogP contribution in [0, 0.1) is 0 Å². The first-order chi connectivity index (χ1) is 11.9. The molecule has 0 unspecified atom stereocenters. The van der Waals surface area contributed by atoms with Gasteiger partial charge >= 0.3 is 0 Å². The lowest BCUT2D eigenvalue weighted by molar-refractivity contribution is -0.131. The highest BCUT2D eigenvalue weighted by molar-refractivity contribution is 7.86. The highest BCUT2D eigenvalue weighted by Crippen LogP contribution is 2.12. The number of hydrogen-bond donors (Lipinski definition) is 0. The number of carbonyl (C=O) groups excluding carboxylic acids is 1. The molecule has 0 saturated carbocycles. The van der Waals surface area contributed by atoms with Gasteiger partial charge in [-0.3, -0.25) is 4.79 Å². The fourth-order valence-electron chi connectivity index (χ4n) is 2.69. The van der Waals surface area contributed by atoms with Crippen LogP contribution < -0.4 is 4.74 Å². The van der Waals surface area contributed by atoms with Gasteiger partial charge in [0.1, 0.15) is 5.75 Å². The van der Waals surface area contributed by atoms with E-state index in [1.807, 2.05) is 30.3 Å². The summed E-state index contributed by atoms with van der Waals surface area (Å²) in [5.41, 5.74) is 0. The summed E-state index contributed by atoms with van der Waals surface area (Å²) in [7, 11) is -0.368. The molecule has 25 heavy (non-hydrogen) atoms. The zero-order chi connectivity index (χ0) is 18.3. The first kappa shape index (κ1) is 19.7. The zero-order valence-corrected chi connectivity index (χ0v) is 15.7. The molecule has 1 aliphatic heterocycles. The number of amides is 1. The minimum Gasteiger partial charge on any atom is -0.494 e. The molecule has 0 bridgehead atoms. The fraction of sp³-hybridized carbons (Fsp3) is 0.588. The predicted octanol–water partition coefficient (Wildman–Crippen LogP) is 1.19. The summed E-state index contributed by atoms with van der Waals surface area (Å²) in [5.74, 6) is 0.856. The van der Waals surface area contributed by atoms with Crippen LogP contribution in [0.25, 0.3) is 0 Å². The Labute approximate surface area is 150 Å². The second-order valence-corrected chi connectivity index (χ2v) is 8.33. The number of carbonyl (C=O) groups is 1. The van der Waals surface area contributed by atoms with Gasteiger partial charge in [-0.05, 0) is 25.0 Å². The molecule has 8 heteroatoms. The zero-order valence-electron chi connectivity index (χ0n) is 14.9. The Hall–Kier alpha value is -1.64. The molecule has 1 saturated heterocycles. The number of hydrogen-bond acceptors (Lipinski definition) is 4. The molecule has 1 aromatic carbocycles. The first-order valence-corrected chi connectivity index (χ1v) is 9.94. The summed E-state index contributed by atoms with van der Waals surface area (Å²) in [6.45, 7) is 2.31. The molecule has 1 fully saturated rings. The van der Waals surface area contributed by atoms with Gasteiger partial charge in [0.25, 0.3) is 10.2 Å². The predicted molar refractivity (Wildman–Crippen MR) is 96.5 cm³/mol. The maximum absolute atomic E-state index is 12.3. The van der Waals surface area contributed by atoms with E-state index in [0.29, 0.717) is 52.0 Å². The van der Waals surface area contributed by atoms with Gasteiger partial charge in [-0.2, -0.15) is 17.0 Å². The third-order valence-electron chi connectivity index (χ3n) is 4.14. The van der Waals surface area contributed by atoms with E-state index in [2.05, 4.69) is 0 Å². The van der Waals surface area contributed by atoms with Crippen molar-refractivity contribution in [3.8, 4) is 5.75 Å². The molecule has 0 atom stereocenters. The van der Waals surface area contributed by atoms with Crippen molar-refractivity contribution in [2.24, 2.45) is 0 Å². The number of benzene rings is 1. The van der Waals surface area contributed by atoms with Gasteiger partial charge < -0.3 is 9.64 Å². The topological polar surface area (TPSA) is 70.2 Å². The van der Waals surface area contributed by atoms with E-state index < -0.39 is 10.2 Å². The minimum atomic E-state index is -3.42. The van der Waals surface area contributed by atoms with Gasteiger partial charge in [0.05, 0.1) is 6.61 Å². The van der Waals surface area contributed by atoms with Crippen LogP contribution in [0.2, 0.25) is 0 Å². The fourth-order valence-corrected chi connectivity index (χ4v) is 3.83. The van der Waals surface area contributed by atoms with E-state index >= 15 is 0 Å². The second kappa shape index (κ2) is 9.17. The average Bonchev–Trinajstić information content (AvgIpc) is 2.86. The molecule has 1 heterocycles. The standard InChI is InChI=1S/C17H27N3O4S/c1-18(2)25(22,23)20-12-7-11-19(13-14-20)17(21)10-6-15-24-16-8-4-3-5-9-16/h3-5,8-9H,6-7,10-15H2,1-2H3. The molecule has 0 aromatic heterocycles. The molecule has 0 N–H and O–H groups in total. The third-order valence-corrected chi connectivity index (χ3v) is 6.08. The lowest BCUT2D eigenvalue weighted by Gasteiger charge is -2.24. The SMILES string of the molecule is CN(C)S(=O)(=O)N1CCCN(C(=O)CCCOc2ccccc2)CC1. The average molecular weight is 369 g/mol. The van der Waals surface area contributed by atoms with E-state index in [1.54, 1.807) is 4.90 Å². The van der Waals surface area contributed by atoms with Crippen molar-refractivity contribution in [3.63, 3.8) is 0 Å². The van der Waals surface area contributed by atoms with Crippen molar-refractivity contribution >= 4 is 16.1 Å². The molecule has 1 aliphatic rings. The van der Waals surface area contributed by atoms with Crippen molar-refractivity contribution < 1.29 is 17.9 Å². The van der Waals surface area contributed by atoms with Crippen LogP contribution in [0.4, 0.5) is 0 Å². The summed E-state index contributed by atoms with van der Waals surface area (Å²) in [6.07, 6.45) is 1.70. The highest BCUT2D eigenvalue weighted by atomic mass is 32.2. The van der Waals surface area contributed by atoms with E-state index in [-0.39, 0.29) is 5.91 Å².